The van der Waals surface area contributed by atoms with E-state index in [-0.39, 0.29) is 13.0 Å². The predicted molar refractivity (Wildman–Crippen MR) is 78.1 cm³/mol. The zero-order valence-electron chi connectivity index (χ0n) is 9.92. The second-order valence-corrected chi connectivity index (χ2v) is 7.67. The van der Waals surface area contributed by atoms with Crippen molar-refractivity contribution < 1.29 is 17.1 Å². The van der Waals surface area contributed by atoms with Crippen LogP contribution in [-0.4, -0.2) is 31.1 Å². The van der Waals surface area contributed by atoms with Gasteiger partial charge < -0.3 is 4.90 Å². The highest BCUT2D eigenvalue weighted by molar-refractivity contribution is 9.10. The molecule has 20 heavy (non-hydrogen) atoms. The summed E-state index contributed by atoms with van der Waals surface area (Å²) in [5.74, 6) is -0.402. The number of thiazole rings is 1. The van der Waals surface area contributed by atoms with Crippen LogP contribution in [0.4, 0.5) is 9.57 Å². The zero-order valence-corrected chi connectivity index (χ0v) is 13.1. The molecular formula is C11H8BrFN2O3S2. The molecule has 2 aromatic rings. The van der Waals surface area contributed by atoms with Gasteiger partial charge in [0.2, 0.25) is 5.91 Å². The van der Waals surface area contributed by atoms with Gasteiger partial charge in [0.1, 0.15) is 5.25 Å². The van der Waals surface area contributed by atoms with Crippen LogP contribution >= 0.6 is 27.3 Å². The number of carbonyl (C=O) groups is 1. The summed E-state index contributed by atoms with van der Waals surface area (Å²) in [6.45, 7) is -0.166. The highest BCUT2D eigenvalue weighted by Gasteiger charge is 2.39. The minimum atomic E-state index is -4.71. The van der Waals surface area contributed by atoms with Gasteiger partial charge in [-0.25, -0.2) is 4.98 Å². The third-order valence-corrected chi connectivity index (χ3v) is 6.23. The maximum absolute atomic E-state index is 13.0. The van der Waals surface area contributed by atoms with Gasteiger partial charge in [0.15, 0.2) is 0 Å². The number of hydrogen-bond acceptors (Lipinski definition) is 5. The molecule has 1 aliphatic rings. The lowest BCUT2D eigenvalue weighted by Crippen LogP contribution is -2.27. The summed E-state index contributed by atoms with van der Waals surface area (Å²) in [6, 6.07) is 3.42. The van der Waals surface area contributed by atoms with Crippen LogP contribution < -0.4 is 4.90 Å². The van der Waals surface area contributed by atoms with E-state index in [1.54, 1.807) is 17.6 Å². The predicted octanol–water partition coefficient (Wildman–Crippen LogP) is 2.46. The van der Waals surface area contributed by atoms with Gasteiger partial charge in [-0.2, -0.15) is 8.42 Å². The van der Waals surface area contributed by atoms with E-state index < -0.39 is 21.4 Å². The van der Waals surface area contributed by atoms with Crippen LogP contribution in [0.2, 0.25) is 0 Å². The fraction of sp³-hybridized carbons (Fsp3) is 0.273. The molecule has 0 N–H and O–H groups in total. The molecule has 0 bridgehead atoms. The molecule has 2 heterocycles. The average molecular weight is 379 g/mol. The lowest BCUT2D eigenvalue weighted by atomic mass is 10.3. The van der Waals surface area contributed by atoms with Gasteiger partial charge in [-0.15, -0.1) is 15.2 Å². The second kappa shape index (κ2) is 4.74. The summed E-state index contributed by atoms with van der Waals surface area (Å²) < 4.78 is 36.5. The largest absolute Gasteiger partial charge is 0.310 e. The van der Waals surface area contributed by atoms with E-state index in [1.807, 2.05) is 0 Å². The van der Waals surface area contributed by atoms with Crippen molar-refractivity contribution in [2.75, 3.05) is 11.4 Å². The molecule has 1 amide bonds. The summed E-state index contributed by atoms with van der Waals surface area (Å²) >= 11 is 4.81. The summed E-state index contributed by atoms with van der Waals surface area (Å²) in [5.41, 5.74) is 3.00. The summed E-state index contributed by atoms with van der Waals surface area (Å²) in [7, 11) is -4.71. The minimum Gasteiger partial charge on any atom is -0.310 e. The Bertz CT molecular complexity index is 805. The molecule has 1 aromatic heterocycles. The molecule has 106 valence electrons. The van der Waals surface area contributed by atoms with Crippen molar-refractivity contribution in [2.24, 2.45) is 0 Å². The van der Waals surface area contributed by atoms with Gasteiger partial charge in [0, 0.05) is 13.0 Å². The van der Waals surface area contributed by atoms with Crippen LogP contribution in [0.5, 0.6) is 0 Å². The quantitative estimate of drug-likeness (QED) is 0.752. The SMILES string of the molecule is O=C1CC(S(=O)(=O)F)CN1c1ccc2ncsc2c1Br. The number of anilines is 1. The first-order valence-corrected chi connectivity index (χ1v) is 8.75. The molecule has 1 aliphatic heterocycles. The zero-order chi connectivity index (χ0) is 14.5. The number of benzene rings is 1. The van der Waals surface area contributed by atoms with Gasteiger partial charge in [0.05, 0.1) is 25.9 Å². The number of fused-ring (bicyclic) bond motifs is 1. The summed E-state index contributed by atoms with van der Waals surface area (Å²) in [4.78, 5) is 17.4. The molecule has 1 atom stereocenters. The Morgan fingerprint density at radius 2 is 2.20 bits per heavy atom. The Labute approximate surface area is 126 Å². The molecule has 1 aromatic carbocycles. The van der Waals surface area contributed by atoms with E-state index in [2.05, 4.69) is 20.9 Å². The molecule has 0 spiro atoms. The lowest BCUT2D eigenvalue weighted by molar-refractivity contribution is -0.117. The molecule has 3 rings (SSSR count). The normalized spacial score (nSPS) is 20.0. The molecule has 1 saturated heterocycles. The number of hydrogen-bond donors (Lipinski definition) is 0. The number of amides is 1. The summed E-state index contributed by atoms with van der Waals surface area (Å²) in [6.07, 6.45) is -0.327. The maximum atomic E-state index is 13.0. The Balaban J connectivity index is 2.03. The standard InChI is InChI=1S/C11H8BrFN2O3S2/c12-10-8(2-1-7-11(10)19-5-14-7)15-4-6(3-9(15)16)20(13,17)18/h1-2,5-6H,3-4H2. The van der Waals surface area contributed by atoms with E-state index in [0.717, 1.165) is 10.2 Å². The van der Waals surface area contributed by atoms with Gasteiger partial charge >= 0.3 is 10.2 Å². The molecule has 0 aliphatic carbocycles. The van der Waals surface area contributed by atoms with Crippen LogP contribution in [0.3, 0.4) is 0 Å². The van der Waals surface area contributed by atoms with Gasteiger partial charge in [0.25, 0.3) is 0 Å². The monoisotopic (exact) mass is 378 g/mol. The Morgan fingerprint density at radius 3 is 2.85 bits per heavy atom. The highest BCUT2D eigenvalue weighted by atomic mass is 79.9. The van der Waals surface area contributed by atoms with Crippen molar-refractivity contribution in [3.63, 3.8) is 0 Å². The number of nitrogens with zero attached hydrogens (tertiary/aromatic N) is 2. The number of halogens is 2. The van der Waals surface area contributed by atoms with Crippen LogP contribution in [0.1, 0.15) is 6.42 Å². The van der Waals surface area contributed by atoms with Crippen molar-refractivity contribution in [2.45, 2.75) is 11.7 Å². The maximum Gasteiger partial charge on any atom is 0.307 e. The molecular weight excluding hydrogens is 371 g/mol. The topological polar surface area (TPSA) is 67.3 Å². The van der Waals surface area contributed by atoms with Gasteiger partial charge in [-0.05, 0) is 28.1 Å². The van der Waals surface area contributed by atoms with Gasteiger partial charge in [-0.3, -0.25) is 4.79 Å². The van der Waals surface area contributed by atoms with E-state index in [1.165, 1.54) is 16.2 Å². The molecule has 0 saturated carbocycles. The Kier molecular flexibility index (Phi) is 3.30. The van der Waals surface area contributed by atoms with Crippen molar-refractivity contribution in [1.82, 2.24) is 4.98 Å². The molecule has 9 heteroatoms. The first-order valence-electron chi connectivity index (χ1n) is 5.63. The van der Waals surface area contributed by atoms with E-state index >= 15 is 0 Å². The minimum absolute atomic E-state index is 0.166. The van der Waals surface area contributed by atoms with Crippen molar-refractivity contribution >= 4 is 59.3 Å². The second-order valence-electron chi connectivity index (χ2n) is 4.41. The van der Waals surface area contributed by atoms with Crippen molar-refractivity contribution in [3.8, 4) is 0 Å². The molecule has 0 radical (unpaired) electrons. The third kappa shape index (κ3) is 2.23. The number of rotatable bonds is 2. The average Bonchev–Trinajstić information content (AvgIpc) is 2.96. The van der Waals surface area contributed by atoms with Crippen LogP contribution in [0.25, 0.3) is 10.2 Å². The van der Waals surface area contributed by atoms with Crippen molar-refractivity contribution in [3.05, 3.63) is 22.1 Å². The Morgan fingerprint density at radius 1 is 1.45 bits per heavy atom. The van der Waals surface area contributed by atoms with Crippen LogP contribution in [0.15, 0.2) is 22.1 Å². The molecule has 1 fully saturated rings. The molecule has 5 nitrogen and oxygen atoms in total. The third-order valence-electron chi connectivity index (χ3n) is 3.20. The summed E-state index contributed by atoms with van der Waals surface area (Å²) in [5, 5.41) is -1.29. The fourth-order valence-corrected chi connectivity index (χ4v) is 4.41. The van der Waals surface area contributed by atoms with E-state index in [0.29, 0.717) is 10.2 Å². The smallest absolute Gasteiger partial charge is 0.307 e. The van der Waals surface area contributed by atoms with E-state index in [9.17, 15) is 17.1 Å². The lowest BCUT2D eigenvalue weighted by Gasteiger charge is -2.18. The fourth-order valence-electron chi connectivity index (χ4n) is 2.19. The van der Waals surface area contributed by atoms with Gasteiger partial charge in [-0.1, -0.05) is 0 Å². The number of aromatic nitrogens is 1. The molecule has 1 unspecified atom stereocenters. The van der Waals surface area contributed by atoms with E-state index in [4.69, 9.17) is 0 Å². The first-order chi connectivity index (χ1) is 9.38. The first kappa shape index (κ1) is 13.9. The van der Waals surface area contributed by atoms with Crippen LogP contribution in [-0.2, 0) is 15.0 Å². The number of carbonyl (C=O) groups excluding carboxylic acids is 1. The Hall–Kier alpha value is -1.06. The highest BCUT2D eigenvalue weighted by Crippen LogP contribution is 2.38. The van der Waals surface area contributed by atoms with Crippen molar-refractivity contribution in [1.29, 1.82) is 0 Å². The van der Waals surface area contributed by atoms with Crippen LogP contribution in [0, 0.1) is 0 Å².